The van der Waals surface area contributed by atoms with Gasteiger partial charge in [-0.3, -0.25) is 0 Å². The van der Waals surface area contributed by atoms with Gasteiger partial charge in [0, 0.05) is 6.54 Å². The average molecular weight is 214 g/mol. The van der Waals surface area contributed by atoms with Crippen molar-refractivity contribution < 1.29 is 22.7 Å². The van der Waals surface area contributed by atoms with Gasteiger partial charge in [0.2, 0.25) is 0 Å². The molecule has 84 valence electrons. The number of rotatable bonds is 4. The maximum Gasteiger partial charge on any atom is 0.407 e. The smallest absolute Gasteiger partial charge is 0.407 e. The van der Waals surface area contributed by atoms with Crippen molar-refractivity contribution in [2.24, 2.45) is 0 Å². The third-order valence-corrected chi connectivity index (χ3v) is 1.23. The summed E-state index contributed by atoms with van der Waals surface area (Å²) in [6, 6.07) is 0. The lowest BCUT2D eigenvalue weighted by atomic mass is 10.4. The van der Waals surface area contributed by atoms with Crippen molar-refractivity contribution in [3.8, 4) is 0 Å². The van der Waals surface area contributed by atoms with E-state index in [9.17, 15) is 18.0 Å². The van der Waals surface area contributed by atoms with E-state index in [1.807, 2.05) is 0 Å². The molecule has 4 nitrogen and oxygen atoms in total. The van der Waals surface area contributed by atoms with E-state index in [2.05, 4.69) is 10.1 Å². The number of amides is 1. The standard InChI is InChI=1S/C7H13F3N2O2/c1-5(3-11-2)14-6(13)12-4-7(8,9)10/h5,11H,3-4H2,1-2H3,(H,12,13). The molecule has 0 aliphatic rings. The van der Waals surface area contributed by atoms with Gasteiger partial charge in [0.15, 0.2) is 0 Å². The molecule has 0 rings (SSSR count). The molecule has 0 aromatic heterocycles. The SMILES string of the molecule is CNCC(C)OC(=O)NCC(F)(F)F. The van der Waals surface area contributed by atoms with Gasteiger partial charge in [0.1, 0.15) is 12.6 Å². The Bertz CT molecular complexity index is 184. The molecule has 0 saturated heterocycles. The fraction of sp³-hybridized carbons (Fsp3) is 0.857. The van der Waals surface area contributed by atoms with Crippen LogP contribution in [-0.4, -0.2) is 38.5 Å². The molecule has 0 fully saturated rings. The van der Waals surface area contributed by atoms with E-state index in [-0.39, 0.29) is 0 Å². The maximum absolute atomic E-state index is 11.6. The number of ether oxygens (including phenoxy) is 1. The highest BCUT2D eigenvalue weighted by Gasteiger charge is 2.28. The molecule has 1 atom stereocenters. The van der Waals surface area contributed by atoms with Crippen LogP contribution in [0, 0.1) is 0 Å². The highest BCUT2D eigenvalue weighted by molar-refractivity contribution is 5.67. The number of carbonyl (C=O) groups excluding carboxylic acids is 1. The summed E-state index contributed by atoms with van der Waals surface area (Å²) in [7, 11) is 1.65. The number of alkyl carbamates (subject to hydrolysis) is 1. The summed E-state index contributed by atoms with van der Waals surface area (Å²) >= 11 is 0. The zero-order chi connectivity index (χ0) is 11.2. The fourth-order valence-corrected chi connectivity index (χ4v) is 0.726. The van der Waals surface area contributed by atoms with Crippen LogP contribution >= 0.6 is 0 Å². The van der Waals surface area contributed by atoms with Gasteiger partial charge in [-0.25, -0.2) is 4.79 Å². The molecule has 2 N–H and O–H groups in total. The molecular weight excluding hydrogens is 201 g/mol. The van der Waals surface area contributed by atoms with Crippen LogP contribution in [0.4, 0.5) is 18.0 Å². The van der Waals surface area contributed by atoms with Crippen molar-refractivity contribution in [3.05, 3.63) is 0 Å². The topological polar surface area (TPSA) is 50.4 Å². The Labute approximate surface area is 79.8 Å². The highest BCUT2D eigenvalue weighted by Crippen LogP contribution is 2.12. The molecule has 0 aliphatic heterocycles. The second-order valence-corrected chi connectivity index (χ2v) is 2.74. The quantitative estimate of drug-likeness (QED) is 0.730. The Morgan fingerprint density at radius 3 is 2.50 bits per heavy atom. The predicted octanol–water partition coefficient (Wildman–Crippen LogP) is 0.883. The Morgan fingerprint density at radius 1 is 1.50 bits per heavy atom. The van der Waals surface area contributed by atoms with Gasteiger partial charge < -0.3 is 15.4 Å². The molecule has 14 heavy (non-hydrogen) atoms. The number of nitrogens with one attached hydrogen (secondary N) is 2. The van der Waals surface area contributed by atoms with Crippen molar-refractivity contribution in [2.75, 3.05) is 20.1 Å². The Hall–Kier alpha value is -0.980. The Balaban J connectivity index is 3.65. The number of hydrogen-bond donors (Lipinski definition) is 2. The van der Waals surface area contributed by atoms with Gasteiger partial charge in [-0.05, 0) is 14.0 Å². The van der Waals surface area contributed by atoms with Crippen LogP contribution in [0.1, 0.15) is 6.92 Å². The maximum atomic E-state index is 11.6. The van der Waals surface area contributed by atoms with E-state index in [4.69, 9.17) is 0 Å². The van der Waals surface area contributed by atoms with Crippen molar-refractivity contribution in [2.45, 2.75) is 19.2 Å². The predicted molar refractivity (Wildman–Crippen MR) is 43.9 cm³/mol. The zero-order valence-electron chi connectivity index (χ0n) is 7.94. The van der Waals surface area contributed by atoms with Gasteiger partial charge in [0.05, 0.1) is 0 Å². The van der Waals surface area contributed by atoms with E-state index < -0.39 is 24.9 Å². The van der Waals surface area contributed by atoms with Crippen LogP contribution in [0.25, 0.3) is 0 Å². The summed E-state index contributed by atoms with van der Waals surface area (Å²) in [5.74, 6) is 0. The first-order valence-electron chi connectivity index (χ1n) is 4.01. The van der Waals surface area contributed by atoms with Crippen molar-refractivity contribution in [3.63, 3.8) is 0 Å². The molecule has 0 radical (unpaired) electrons. The van der Waals surface area contributed by atoms with E-state index >= 15 is 0 Å². The first-order valence-corrected chi connectivity index (χ1v) is 4.01. The molecule has 7 heteroatoms. The number of halogens is 3. The monoisotopic (exact) mass is 214 g/mol. The van der Waals surface area contributed by atoms with Gasteiger partial charge >= 0.3 is 12.3 Å². The Kier molecular flexibility index (Phi) is 5.29. The van der Waals surface area contributed by atoms with Gasteiger partial charge in [0.25, 0.3) is 0 Å². The molecule has 0 aliphatic carbocycles. The zero-order valence-corrected chi connectivity index (χ0v) is 7.94. The summed E-state index contributed by atoms with van der Waals surface area (Å²) in [6.45, 7) is 0.585. The molecule has 1 amide bonds. The second kappa shape index (κ2) is 5.69. The van der Waals surface area contributed by atoms with Crippen LogP contribution in [0.5, 0.6) is 0 Å². The van der Waals surface area contributed by atoms with Gasteiger partial charge in [-0.1, -0.05) is 0 Å². The largest absolute Gasteiger partial charge is 0.445 e. The first kappa shape index (κ1) is 13.0. The lowest BCUT2D eigenvalue weighted by molar-refractivity contribution is -0.124. The van der Waals surface area contributed by atoms with Crippen LogP contribution in [0.3, 0.4) is 0 Å². The van der Waals surface area contributed by atoms with Crippen molar-refractivity contribution >= 4 is 6.09 Å². The van der Waals surface area contributed by atoms with Crippen molar-refractivity contribution in [1.82, 2.24) is 10.6 Å². The van der Waals surface area contributed by atoms with Crippen LogP contribution < -0.4 is 10.6 Å². The third kappa shape index (κ3) is 7.66. The van der Waals surface area contributed by atoms with E-state index in [0.717, 1.165) is 0 Å². The molecule has 0 saturated carbocycles. The van der Waals surface area contributed by atoms with E-state index in [0.29, 0.717) is 6.54 Å². The minimum atomic E-state index is -4.41. The lowest BCUT2D eigenvalue weighted by Gasteiger charge is -2.13. The molecule has 0 aromatic carbocycles. The summed E-state index contributed by atoms with van der Waals surface area (Å²) in [5, 5.41) is 4.32. The van der Waals surface area contributed by atoms with Crippen LogP contribution in [0.15, 0.2) is 0 Å². The minimum absolute atomic E-state index is 0.388. The third-order valence-electron chi connectivity index (χ3n) is 1.23. The number of likely N-dealkylation sites (N-methyl/N-ethyl adjacent to an activating group) is 1. The lowest BCUT2D eigenvalue weighted by Crippen LogP contribution is -2.37. The number of alkyl halides is 3. The molecule has 0 spiro atoms. The van der Waals surface area contributed by atoms with Gasteiger partial charge in [-0.15, -0.1) is 0 Å². The summed E-state index contributed by atoms with van der Waals surface area (Å²) in [6.07, 6.45) is -5.94. The van der Waals surface area contributed by atoms with Crippen LogP contribution in [-0.2, 0) is 4.74 Å². The molecule has 1 unspecified atom stereocenters. The minimum Gasteiger partial charge on any atom is -0.445 e. The van der Waals surface area contributed by atoms with E-state index in [1.165, 1.54) is 0 Å². The number of carbonyl (C=O) groups is 1. The molecular formula is C7H13F3N2O2. The Morgan fingerprint density at radius 2 is 2.07 bits per heavy atom. The van der Waals surface area contributed by atoms with Crippen molar-refractivity contribution in [1.29, 1.82) is 0 Å². The first-order chi connectivity index (χ1) is 6.35. The summed E-state index contributed by atoms with van der Waals surface area (Å²) in [4.78, 5) is 10.7. The van der Waals surface area contributed by atoms with E-state index in [1.54, 1.807) is 19.3 Å². The average Bonchev–Trinajstić information content (AvgIpc) is 2.00. The van der Waals surface area contributed by atoms with Gasteiger partial charge in [-0.2, -0.15) is 13.2 Å². The van der Waals surface area contributed by atoms with Crippen LogP contribution in [0.2, 0.25) is 0 Å². The number of hydrogen-bond acceptors (Lipinski definition) is 3. The highest BCUT2D eigenvalue weighted by atomic mass is 19.4. The molecule has 0 heterocycles. The normalized spacial score (nSPS) is 13.5. The fourth-order valence-electron chi connectivity index (χ4n) is 0.726. The molecule has 0 bridgehead atoms. The molecule has 0 aromatic rings. The summed E-state index contributed by atoms with van der Waals surface area (Å²) in [5.41, 5.74) is 0. The summed E-state index contributed by atoms with van der Waals surface area (Å²) < 4.78 is 39.4. The second-order valence-electron chi connectivity index (χ2n) is 2.74.